The second-order valence-electron chi connectivity index (χ2n) is 3.06. The third-order valence-corrected chi connectivity index (χ3v) is 1.99. The smallest absolute Gasteiger partial charge is 0.165 e. The van der Waals surface area contributed by atoms with Crippen molar-refractivity contribution in [2.45, 2.75) is 0 Å². The minimum atomic E-state index is -0.739. The van der Waals surface area contributed by atoms with Crippen molar-refractivity contribution in [3.8, 4) is 16.9 Å². The second-order valence-corrected chi connectivity index (χ2v) is 3.06. The van der Waals surface area contributed by atoms with E-state index in [1.165, 1.54) is 24.4 Å². The van der Waals surface area contributed by atoms with Crippen LogP contribution in [0.2, 0.25) is 0 Å². The molecule has 1 aromatic heterocycles. The minimum absolute atomic E-state index is 0.428. The van der Waals surface area contributed by atoms with E-state index in [0.717, 1.165) is 12.3 Å². The summed E-state index contributed by atoms with van der Waals surface area (Å²) >= 11 is 0. The molecule has 1 N–H and O–H groups in total. The molecule has 76 valence electrons. The third-order valence-electron chi connectivity index (χ3n) is 1.99. The highest BCUT2D eigenvalue weighted by Crippen LogP contribution is 2.24. The van der Waals surface area contributed by atoms with Crippen molar-refractivity contribution >= 4 is 0 Å². The van der Waals surface area contributed by atoms with Gasteiger partial charge in [0.05, 0.1) is 6.20 Å². The molecule has 2 rings (SSSR count). The first kappa shape index (κ1) is 9.58. The van der Waals surface area contributed by atoms with Crippen LogP contribution in [-0.4, -0.2) is 10.1 Å². The number of phenols is 1. The summed E-state index contributed by atoms with van der Waals surface area (Å²) in [5.41, 5.74) is 0.936. The first-order valence-electron chi connectivity index (χ1n) is 4.26. The lowest BCUT2D eigenvalue weighted by molar-refractivity contribution is 0.432. The standard InChI is InChI=1S/C11H7F2NO/c12-9-3-8(5-14-6-9)7-1-2-11(15)10(13)4-7/h1-6,15H. The number of hydrogen-bond acceptors (Lipinski definition) is 2. The van der Waals surface area contributed by atoms with Gasteiger partial charge in [-0.05, 0) is 23.8 Å². The Morgan fingerprint density at radius 1 is 1.00 bits per heavy atom. The molecule has 0 aliphatic heterocycles. The van der Waals surface area contributed by atoms with Crippen LogP contribution in [0.5, 0.6) is 5.75 Å². The molecule has 0 amide bonds. The van der Waals surface area contributed by atoms with Crippen LogP contribution in [0.3, 0.4) is 0 Å². The van der Waals surface area contributed by atoms with Crippen LogP contribution in [-0.2, 0) is 0 Å². The van der Waals surface area contributed by atoms with Crippen LogP contribution in [0.4, 0.5) is 8.78 Å². The lowest BCUT2D eigenvalue weighted by Crippen LogP contribution is -1.84. The van der Waals surface area contributed by atoms with Gasteiger partial charge in [-0.1, -0.05) is 6.07 Å². The van der Waals surface area contributed by atoms with Gasteiger partial charge in [0, 0.05) is 11.8 Å². The fourth-order valence-electron chi connectivity index (χ4n) is 1.26. The maximum absolute atomic E-state index is 13.0. The van der Waals surface area contributed by atoms with E-state index in [-0.39, 0.29) is 0 Å². The van der Waals surface area contributed by atoms with Gasteiger partial charge in [-0.3, -0.25) is 4.98 Å². The largest absolute Gasteiger partial charge is 0.505 e. The Kier molecular flexibility index (Phi) is 2.33. The third kappa shape index (κ3) is 1.93. The average Bonchev–Trinajstić information content (AvgIpc) is 2.22. The summed E-state index contributed by atoms with van der Waals surface area (Å²) in [6, 6.07) is 5.09. The quantitative estimate of drug-likeness (QED) is 0.779. The van der Waals surface area contributed by atoms with Crippen molar-refractivity contribution in [2.75, 3.05) is 0 Å². The maximum Gasteiger partial charge on any atom is 0.165 e. The lowest BCUT2D eigenvalue weighted by Gasteiger charge is -2.02. The van der Waals surface area contributed by atoms with Gasteiger partial charge < -0.3 is 5.11 Å². The van der Waals surface area contributed by atoms with Crippen molar-refractivity contribution in [1.29, 1.82) is 0 Å². The molecule has 4 heteroatoms. The van der Waals surface area contributed by atoms with Crippen LogP contribution < -0.4 is 0 Å². The molecule has 0 saturated carbocycles. The Morgan fingerprint density at radius 2 is 1.80 bits per heavy atom. The topological polar surface area (TPSA) is 33.1 Å². The van der Waals surface area contributed by atoms with Gasteiger partial charge >= 0.3 is 0 Å². The Morgan fingerprint density at radius 3 is 2.47 bits per heavy atom. The number of hydrogen-bond donors (Lipinski definition) is 1. The van der Waals surface area contributed by atoms with E-state index in [1.807, 2.05) is 0 Å². The number of rotatable bonds is 1. The Bertz CT molecular complexity index is 500. The number of nitrogens with zero attached hydrogens (tertiary/aromatic N) is 1. The average molecular weight is 207 g/mol. The highest BCUT2D eigenvalue weighted by molar-refractivity contribution is 5.63. The lowest BCUT2D eigenvalue weighted by atomic mass is 10.1. The fourth-order valence-corrected chi connectivity index (χ4v) is 1.26. The number of aromatic hydroxyl groups is 1. The highest BCUT2D eigenvalue weighted by Gasteiger charge is 2.04. The minimum Gasteiger partial charge on any atom is -0.505 e. The van der Waals surface area contributed by atoms with Crippen LogP contribution in [0, 0.1) is 11.6 Å². The summed E-state index contributed by atoms with van der Waals surface area (Å²) in [6.07, 6.45) is 2.50. The van der Waals surface area contributed by atoms with E-state index < -0.39 is 17.4 Å². The molecule has 0 fully saturated rings. The molecule has 0 aliphatic carbocycles. The van der Waals surface area contributed by atoms with E-state index in [9.17, 15) is 8.78 Å². The maximum atomic E-state index is 13.0. The van der Waals surface area contributed by atoms with Crippen molar-refractivity contribution in [1.82, 2.24) is 4.98 Å². The molecule has 0 saturated heterocycles. The molecule has 0 atom stereocenters. The Balaban J connectivity index is 2.50. The van der Waals surface area contributed by atoms with Gasteiger partial charge in [0.15, 0.2) is 11.6 Å². The molecule has 1 heterocycles. The zero-order valence-electron chi connectivity index (χ0n) is 7.61. The SMILES string of the molecule is Oc1ccc(-c2cncc(F)c2)cc1F. The number of aromatic nitrogens is 1. The highest BCUT2D eigenvalue weighted by atomic mass is 19.1. The number of pyridine rings is 1. The van der Waals surface area contributed by atoms with E-state index in [2.05, 4.69) is 4.98 Å². The second kappa shape index (κ2) is 3.65. The molecule has 15 heavy (non-hydrogen) atoms. The van der Waals surface area contributed by atoms with Crippen LogP contribution in [0.25, 0.3) is 11.1 Å². The fraction of sp³-hybridized carbons (Fsp3) is 0. The van der Waals surface area contributed by atoms with Crippen molar-refractivity contribution < 1.29 is 13.9 Å². The molecular formula is C11H7F2NO. The van der Waals surface area contributed by atoms with E-state index in [1.54, 1.807) is 0 Å². The summed E-state index contributed by atoms with van der Waals surface area (Å²) < 4.78 is 25.8. The van der Waals surface area contributed by atoms with Gasteiger partial charge in [0.2, 0.25) is 0 Å². The van der Waals surface area contributed by atoms with Gasteiger partial charge in [0.1, 0.15) is 5.82 Å². The monoisotopic (exact) mass is 207 g/mol. The molecule has 0 unspecified atom stereocenters. The molecule has 0 bridgehead atoms. The van der Waals surface area contributed by atoms with Crippen LogP contribution >= 0.6 is 0 Å². The molecule has 0 aliphatic rings. The van der Waals surface area contributed by atoms with E-state index in [0.29, 0.717) is 11.1 Å². The molecule has 0 spiro atoms. The summed E-state index contributed by atoms with van der Waals surface area (Å²) in [7, 11) is 0. The normalized spacial score (nSPS) is 10.3. The predicted molar refractivity (Wildman–Crippen MR) is 51.3 cm³/mol. The number of phenolic OH excluding ortho intramolecular Hbond substituents is 1. The number of halogens is 2. The first-order chi connectivity index (χ1) is 7.16. The summed E-state index contributed by atoms with van der Waals surface area (Å²) in [4.78, 5) is 3.65. The van der Waals surface area contributed by atoms with Crippen LogP contribution in [0.1, 0.15) is 0 Å². The molecule has 2 nitrogen and oxygen atoms in total. The van der Waals surface area contributed by atoms with Crippen molar-refractivity contribution in [3.05, 3.63) is 48.3 Å². The molecule has 2 aromatic rings. The number of benzene rings is 1. The van der Waals surface area contributed by atoms with Crippen molar-refractivity contribution in [3.63, 3.8) is 0 Å². The van der Waals surface area contributed by atoms with Gasteiger partial charge in [-0.25, -0.2) is 8.78 Å². The Labute approximate surface area is 84.8 Å². The molecule has 1 aromatic carbocycles. The zero-order chi connectivity index (χ0) is 10.8. The van der Waals surface area contributed by atoms with Crippen LogP contribution in [0.15, 0.2) is 36.7 Å². The summed E-state index contributed by atoms with van der Waals surface area (Å²) in [5, 5.41) is 8.98. The van der Waals surface area contributed by atoms with E-state index in [4.69, 9.17) is 5.11 Å². The van der Waals surface area contributed by atoms with Gasteiger partial charge in [-0.15, -0.1) is 0 Å². The summed E-state index contributed by atoms with van der Waals surface area (Å²) in [6.45, 7) is 0. The summed E-state index contributed by atoms with van der Waals surface area (Å²) in [5.74, 6) is -1.65. The first-order valence-corrected chi connectivity index (χ1v) is 4.26. The zero-order valence-corrected chi connectivity index (χ0v) is 7.61. The molecule has 0 radical (unpaired) electrons. The molecular weight excluding hydrogens is 200 g/mol. The Hall–Kier alpha value is -1.97. The predicted octanol–water partition coefficient (Wildman–Crippen LogP) is 2.73. The van der Waals surface area contributed by atoms with Crippen molar-refractivity contribution in [2.24, 2.45) is 0 Å². The van der Waals surface area contributed by atoms with E-state index >= 15 is 0 Å². The van der Waals surface area contributed by atoms with Gasteiger partial charge in [-0.2, -0.15) is 0 Å². The van der Waals surface area contributed by atoms with Gasteiger partial charge in [0.25, 0.3) is 0 Å².